The minimum absolute atomic E-state index is 0.0566. The number of hydrogen-bond donors (Lipinski definition) is 2. The minimum Gasteiger partial charge on any atom is -0.329 e. The van der Waals surface area contributed by atoms with Gasteiger partial charge >= 0.3 is 0 Å². The molecule has 16 heavy (non-hydrogen) atoms. The van der Waals surface area contributed by atoms with E-state index in [0.29, 0.717) is 22.6 Å². The van der Waals surface area contributed by atoms with E-state index in [1.165, 1.54) is 0 Å². The van der Waals surface area contributed by atoms with Gasteiger partial charge in [0.15, 0.2) is 0 Å². The average molecular weight is 261 g/mol. The Hall–Kier alpha value is -0.280. The van der Waals surface area contributed by atoms with Gasteiger partial charge in [0.05, 0.1) is 10.0 Å². The molecule has 0 saturated carbocycles. The zero-order valence-corrected chi connectivity index (χ0v) is 11.1. The van der Waals surface area contributed by atoms with Crippen molar-refractivity contribution in [1.29, 1.82) is 0 Å². The molecule has 1 rings (SSSR count). The van der Waals surface area contributed by atoms with Gasteiger partial charge in [0, 0.05) is 18.6 Å². The minimum atomic E-state index is 0.0566. The molecule has 0 saturated heterocycles. The van der Waals surface area contributed by atoms with Crippen LogP contribution in [0.3, 0.4) is 0 Å². The summed E-state index contributed by atoms with van der Waals surface area (Å²) in [5.74, 6) is 0. The molecule has 2 atom stereocenters. The van der Waals surface area contributed by atoms with Crippen molar-refractivity contribution in [3.8, 4) is 0 Å². The van der Waals surface area contributed by atoms with E-state index in [2.05, 4.69) is 19.2 Å². The highest BCUT2D eigenvalue weighted by molar-refractivity contribution is 6.42. The van der Waals surface area contributed by atoms with Crippen molar-refractivity contribution in [3.63, 3.8) is 0 Å². The molecule has 0 heterocycles. The van der Waals surface area contributed by atoms with Crippen molar-refractivity contribution >= 4 is 23.2 Å². The quantitative estimate of drug-likeness (QED) is 0.852. The van der Waals surface area contributed by atoms with Crippen LogP contribution < -0.4 is 11.1 Å². The van der Waals surface area contributed by atoms with Crippen LogP contribution in [0.15, 0.2) is 18.2 Å². The molecular weight excluding hydrogens is 243 g/mol. The molecule has 1 aromatic carbocycles. The van der Waals surface area contributed by atoms with Crippen LogP contribution in [-0.4, -0.2) is 12.6 Å². The third-order valence-electron chi connectivity index (χ3n) is 2.69. The molecule has 4 heteroatoms. The molecule has 0 fully saturated rings. The Balaban J connectivity index is 2.90. The van der Waals surface area contributed by atoms with E-state index in [1.807, 2.05) is 12.1 Å². The Morgan fingerprint density at radius 1 is 1.38 bits per heavy atom. The van der Waals surface area contributed by atoms with Crippen molar-refractivity contribution in [1.82, 2.24) is 5.32 Å². The van der Waals surface area contributed by atoms with Crippen LogP contribution >= 0.6 is 23.2 Å². The van der Waals surface area contributed by atoms with Crippen LogP contribution in [0, 0.1) is 0 Å². The Bertz CT molecular complexity index is 342. The third kappa shape index (κ3) is 3.36. The molecule has 0 spiro atoms. The molecule has 0 radical (unpaired) electrons. The molecule has 1 aromatic rings. The summed E-state index contributed by atoms with van der Waals surface area (Å²) in [5.41, 5.74) is 6.73. The molecule has 0 aliphatic carbocycles. The van der Waals surface area contributed by atoms with Gasteiger partial charge < -0.3 is 11.1 Å². The van der Waals surface area contributed by atoms with Gasteiger partial charge in [0.2, 0.25) is 0 Å². The van der Waals surface area contributed by atoms with Crippen LogP contribution in [0.5, 0.6) is 0 Å². The number of hydrogen-bond acceptors (Lipinski definition) is 2. The van der Waals surface area contributed by atoms with Crippen LogP contribution in [0.25, 0.3) is 0 Å². The van der Waals surface area contributed by atoms with E-state index >= 15 is 0 Å². The van der Waals surface area contributed by atoms with Crippen LogP contribution in [0.4, 0.5) is 0 Å². The summed E-state index contributed by atoms with van der Waals surface area (Å²) in [6.07, 6.45) is 1.05. The molecule has 0 amide bonds. The Morgan fingerprint density at radius 3 is 2.62 bits per heavy atom. The monoisotopic (exact) mass is 260 g/mol. The summed E-state index contributed by atoms with van der Waals surface area (Å²) < 4.78 is 0. The lowest BCUT2D eigenvalue weighted by atomic mass is 10.1. The molecule has 0 aliphatic heterocycles. The zero-order chi connectivity index (χ0) is 12.1. The largest absolute Gasteiger partial charge is 0.329 e. The number of rotatable bonds is 5. The lowest BCUT2D eigenvalue weighted by Gasteiger charge is -2.22. The van der Waals surface area contributed by atoms with Crippen LogP contribution in [-0.2, 0) is 0 Å². The topological polar surface area (TPSA) is 38.0 Å². The number of benzene rings is 1. The number of nitrogens with one attached hydrogen (secondary N) is 1. The first-order valence-corrected chi connectivity index (χ1v) is 6.25. The van der Waals surface area contributed by atoms with E-state index in [4.69, 9.17) is 28.9 Å². The van der Waals surface area contributed by atoms with Crippen molar-refractivity contribution < 1.29 is 0 Å². The van der Waals surface area contributed by atoms with Gasteiger partial charge in [-0.15, -0.1) is 0 Å². The van der Waals surface area contributed by atoms with Crippen LogP contribution in [0.2, 0.25) is 10.0 Å². The average Bonchev–Trinajstić information content (AvgIpc) is 2.29. The normalized spacial score (nSPS) is 14.8. The summed E-state index contributed by atoms with van der Waals surface area (Å²) in [5, 5.41) is 4.60. The van der Waals surface area contributed by atoms with Gasteiger partial charge in [0.25, 0.3) is 0 Å². The maximum absolute atomic E-state index is 6.17. The standard InChI is InChI=1S/C12H18Cl2N2/c1-3-8(2)16-11(7-15)9-5-4-6-10(13)12(9)14/h4-6,8,11,16H,3,7,15H2,1-2H3. The molecule has 0 aromatic heterocycles. The lowest BCUT2D eigenvalue weighted by molar-refractivity contribution is 0.452. The second kappa shape index (κ2) is 6.45. The first kappa shape index (κ1) is 13.8. The first-order valence-electron chi connectivity index (χ1n) is 5.50. The molecule has 0 bridgehead atoms. The highest BCUT2D eigenvalue weighted by Gasteiger charge is 2.16. The summed E-state index contributed by atoms with van der Waals surface area (Å²) in [6, 6.07) is 6.10. The third-order valence-corrected chi connectivity index (χ3v) is 3.52. The highest BCUT2D eigenvalue weighted by Crippen LogP contribution is 2.29. The maximum atomic E-state index is 6.17. The summed E-state index contributed by atoms with van der Waals surface area (Å²) >= 11 is 12.2. The van der Waals surface area contributed by atoms with Gasteiger partial charge in [-0.1, -0.05) is 42.3 Å². The van der Waals surface area contributed by atoms with Gasteiger partial charge in [-0.3, -0.25) is 0 Å². The molecule has 3 N–H and O–H groups in total. The van der Waals surface area contributed by atoms with Crippen molar-refractivity contribution in [3.05, 3.63) is 33.8 Å². The fourth-order valence-corrected chi connectivity index (χ4v) is 1.98. The van der Waals surface area contributed by atoms with E-state index in [9.17, 15) is 0 Å². The smallest absolute Gasteiger partial charge is 0.0640 e. The fourth-order valence-electron chi connectivity index (χ4n) is 1.54. The van der Waals surface area contributed by atoms with E-state index in [1.54, 1.807) is 6.07 Å². The zero-order valence-electron chi connectivity index (χ0n) is 9.63. The van der Waals surface area contributed by atoms with E-state index in [0.717, 1.165) is 12.0 Å². The number of nitrogens with two attached hydrogens (primary N) is 1. The van der Waals surface area contributed by atoms with Gasteiger partial charge in [0.1, 0.15) is 0 Å². The predicted octanol–water partition coefficient (Wildman–Crippen LogP) is 3.38. The summed E-state index contributed by atoms with van der Waals surface area (Å²) in [6.45, 7) is 4.76. The maximum Gasteiger partial charge on any atom is 0.0640 e. The first-order chi connectivity index (χ1) is 7.60. The van der Waals surface area contributed by atoms with Gasteiger partial charge in [-0.2, -0.15) is 0 Å². The SMILES string of the molecule is CCC(C)NC(CN)c1cccc(Cl)c1Cl. The van der Waals surface area contributed by atoms with Crippen LogP contribution in [0.1, 0.15) is 31.9 Å². The lowest BCUT2D eigenvalue weighted by Crippen LogP contribution is -2.34. The predicted molar refractivity (Wildman–Crippen MR) is 71.1 cm³/mol. The van der Waals surface area contributed by atoms with Gasteiger partial charge in [-0.25, -0.2) is 0 Å². The Kier molecular flexibility index (Phi) is 5.56. The molecular formula is C12H18Cl2N2. The molecule has 2 nitrogen and oxygen atoms in total. The second-order valence-electron chi connectivity index (χ2n) is 3.91. The Morgan fingerprint density at radius 2 is 2.06 bits per heavy atom. The second-order valence-corrected chi connectivity index (χ2v) is 4.69. The fraction of sp³-hybridized carbons (Fsp3) is 0.500. The number of halogens is 2. The summed E-state index contributed by atoms with van der Waals surface area (Å²) in [7, 11) is 0. The molecule has 90 valence electrons. The van der Waals surface area contributed by atoms with Crippen molar-refractivity contribution in [2.24, 2.45) is 5.73 Å². The molecule has 0 aliphatic rings. The van der Waals surface area contributed by atoms with E-state index < -0.39 is 0 Å². The van der Waals surface area contributed by atoms with Gasteiger partial charge in [-0.05, 0) is 25.0 Å². The summed E-state index contributed by atoms with van der Waals surface area (Å²) in [4.78, 5) is 0. The molecule has 2 unspecified atom stereocenters. The highest BCUT2D eigenvalue weighted by atomic mass is 35.5. The van der Waals surface area contributed by atoms with Crippen molar-refractivity contribution in [2.75, 3.05) is 6.54 Å². The van der Waals surface area contributed by atoms with E-state index in [-0.39, 0.29) is 6.04 Å². The van der Waals surface area contributed by atoms with Crippen molar-refractivity contribution in [2.45, 2.75) is 32.4 Å². The Labute approximate surface area is 107 Å².